The molecular formula is C17H29N3O4. The van der Waals surface area contributed by atoms with Crippen LogP contribution in [0.5, 0.6) is 0 Å². The van der Waals surface area contributed by atoms with Gasteiger partial charge < -0.3 is 24.6 Å². The summed E-state index contributed by atoms with van der Waals surface area (Å²) >= 11 is 0. The summed E-state index contributed by atoms with van der Waals surface area (Å²) in [4.78, 5) is 13.7. The smallest absolute Gasteiger partial charge is 0.222 e. The molecule has 1 aromatic rings. The van der Waals surface area contributed by atoms with Crippen LogP contribution in [0.3, 0.4) is 0 Å². The van der Waals surface area contributed by atoms with Crippen molar-refractivity contribution in [3.8, 4) is 0 Å². The van der Waals surface area contributed by atoms with Crippen LogP contribution in [0.25, 0.3) is 0 Å². The Morgan fingerprint density at radius 3 is 2.88 bits per heavy atom. The minimum absolute atomic E-state index is 0.0216. The summed E-state index contributed by atoms with van der Waals surface area (Å²) in [5, 5.41) is 17.0. The zero-order chi connectivity index (χ0) is 17.7. The molecule has 1 aliphatic rings. The average Bonchev–Trinajstić information content (AvgIpc) is 2.93. The maximum absolute atomic E-state index is 11.7. The maximum atomic E-state index is 11.7. The average molecular weight is 339 g/mol. The van der Waals surface area contributed by atoms with Crippen molar-refractivity contribution in [2.45, 2.75) is 58.0 Å². The molecule has 136 valence electrons. The second-order valence-corrected chi connectivity index (χ2v) is 7.07. The van der Waals surface area contributed by atoms with Crippen molar-refractivity contribution < 1.29 is 19.2 Å². The minimum atomic E-state index is -0.546. The van der Waals surface area contributed by atoms with Gasteiger partial charge in [0.2, 0.25) is 5.91 Å². The van der Waals surface area contributed by atoms with Crippen molar-refractivity contribution in [2.75, 3.05) is 20.6 Å². The highest BCUT2D eigenvalue weighted by atomic mass is 16.5. The predicted octanol–water partition coefficient (Wildman–Crippen LogP) is 0.959. The number of carbonyl (C=O) groups excluding carboxylic acids is 1. The number of aliphatic hydroxyl groups is 1. The van der Waals surface area contributed by atoms with E-state index in [-0.39, 0.29) is 24.0 Å². The first kappa shape index (κ1) is 18.9. The lowest BCUT2D eigenvalue weighted by atomic mass is 9.98. The van der Waals surface area contributed by atoms with E-state index in [0.29, 0.717) is 25.9 Å². The van der Waals surface area contributed by atoms with E-state index < -0.39 is 6.10 Å². The number of aliphatic hydroxyl groups excluding tert-OH is 1. The predicted molar refractivity (Wildman–Crippen MR) is 89.3 cm³/mol. The van der Waals surface area contributed by atoms with Crippen molar-refractivity contribution in [2.24, 2.45) is 5.92 Å². The van der Waals surface area contributed by atoms with Crippen LogP contribution in [0.2, 0.25) is 0 Å². The normalized spacial score (nSPS) is 24.5. The van der Waals surface area contributed by atoms with E-state index in [1.54, 1.807) is 0 Å². The lowest BCUT2D eigenvalue weighted by Crippen LogP contribution is -2.47. The number of aromatic nitrogens is 1. The van der Waals surface area contributed by atoms with Gasteiger partial charge in [-0.2, -0.15) is 0 Å². The molecule has 2 rings (SSSR count). The Hall–Kier alpha value is -1.44. The monoisotopic (exact) mass is 339 g/mol. The second-order valence-electron chi connectivity index (χ2n) is 7.07. The third kappa shape index (κ3) is 5.58. The fraction of sp³-hybridized carbons (Fsp3) is 0.765. The van der Waals surface area contributed by atoms with E-state index in [4.69, 9.17) is 9.26 Å². The molecule has 0 bridgehead atoms. The van der Waals surface area contributed by atoms with E-state index in [1.807, 2.05) is 38.9 Å². The van der Waals surface area contributed by atoms with Crippen LogP contribution >= 0.6 is 0 Å². The first-order valence-corrected chi connectivity index (χ1v) is 8.55. The summed E-state index contributed by atoms with van der Waals surface area (Å²) < 4.78 is 11.3. The summed E-state index contributed by atoms with van der Waals surface area (Å²) in [6, 6.07) is 1.95. The number of ether oxygens (including phenoxy) is 1. The molecule has 0 spiro atoms. The van der Waals surface area contributed by atoms with Gasteiger partial charge in [0.15, 0.2) is 5.76 Å². The van der Waals surface area contributed by atoms with Gasteiger partial charge in [0.25, 0.3) is 0 Å². The Kier molecular flexibility index (Phi) is 6.77. The van der Waals surface area contributed by atoms with Gasteiger partial charge in [-0.05, 0) is 26.9 Å². The summed E-state index contributed by atoms with van der Waals surface area (Å²) in [5.41, 5.74) is 0.859. The van der Waals surface area contributed by atoms with E-state index >= 15 is 0 Å². The maximum Gasteiger partial charge on any atom is 0.222 e. The van der Waals surface area contributed by atoms with Crippen molar-refractivity contribution in [3.05, 3.63) is 17.5 Å². The second kappa shape index (κ2) is 8.60. The van der Waals surface area contributed by atoms with Gasteiger partial charge in [0.1, 0.15) is 6.10 Å². The summed E-state index contributed by atoms with van der Waals surface area (Å²) in [6.45, 7) is 4.72. The summed E-state index contributed by atoms with van der Waals surface area (Å²) in [7, 11) is 3.95. The van der Waals surface area contributed by atoms with Gasteiger partial charge >= 0.3 is 0 Å². The number of nitrogens with one attached hydrogen (secondary N) is 1. The quantitative estimate of drug-likeness (QED) is 0.769. The van der Waals surface area contributed by atoms with Crippen LogP contribution in [-0.4, -0.2) is 60.0 Å². The standard InChI is InChI=1S/C17H29N3O4/c1-11(2)17(22)18-9-16-15(21)6-5-13(23-16)7-12-8-14(24-19-12)10-20(3)4/h8,11,13,15-16,21H,5-7,9-10H2,1-4H3,(H,18,22). The summed E-state index contributed by atoms with van der Waals surface area (Å²) in [5.74, 6) is 0.719. The fourth-order valence-corrected chi connectivity index (χ4v) is 2.76. The van der Waals surface area contributed by atoms with Crippen LogP contribution in [0.4, 0.5) is 0 Å². The zero-order valence-electron chi connectivity index (χ0n) is 15.0. The number of hydrogen-bond acceptors (Lipinski definition) is 6. The third-order valence-corrected chi connectivity index (χ3v) is 4.10. The molecule has 7 heteroatoms. The molecule has 3 unspecified atom stereocenters. The van der Waals surface area contributed by atoms with Gasteiger partial charge in [-0.15, -0.1) is 0 Å². The van der Waals surface area contributed by atoms with Crippen LogP contribution in [0.1, 0.15) is 38.1 Å². The molecule has 2 heterocycles. The van der Waals surface area contributed by atoms with Gasteiger partial charge in [-0.3, -0.25) is 4.79 Å². The highest BCUT2D eigenvalue weighted by molar-refractivity contribution is 5.77. The molecule has 0 aromatic carbocycles. The highest BCUT2D eigenvalue weighted by Gasteiger charge is 2.31. The molecule has 0 aliphatic carbocycles. The van der Waals surface area contributed by atoms with Crippen LogP contribution < -0.4 is 5.32 Å². The van der Waals surface area contributed by atoms with Gasteiger partial charge in [0.05, 0.1) is 24.4 Å². The Morgan fingerprint density at radius 1 is 1.46 bits per heavy atom. The molecule has 1 aromatic heterocycles. The molecule has 3 atom stereocenters. The topological polar surface area (TPSA) is 87.8 Å². The first-order valence-electron chi connectivity index (χ1n) is 8.55. The first-order chi connectivity index (χ1) is 11.3. The molecular weight excluding hydrogens is 310 g/mol. The Bertz CT molecular complexity index is 530. The van der Waals surface area contributed by atoms with E-state index in [2.05, 4.69) is 10.5 Å². The van der Waals surface area contributed by atoms with Crippen molar-refractivity contribution >= 4 is 5.91 Å². The molecule has 24 heavy (non-hydrogen) atoms. The number of rotatable bonds is 7. The summed E-state index contributed by atoms with van der Waals surface area (Å²) in [6.07, 6.45) is 1.14. The number of hydrogen-bond donors (Lipinski definition) is 2. The van der Waals surface area contributed by atoms with E-state index in [1.165, 1.54) is 0 Å². The third-order valence-electron chi connectivity index (χ3n) is 4.10. The van der Waals surface area contributed by atoms with Crippen molar-refractivity contribution in [1.82, 2.24) is 15.4 Å². The molecule has 0 radical (unpaired) electrons. The fourth-order valence-electron chi connectivity index (χ4n) is 2.76. The zero-order valence-corrected chi connectivity index (χ0v) is 15.0. The van der Waals surface area contributed by atoms with Gasteiger partial charge in [-0.25, -0.2) is 0 Å². The molecule has 1 aliphatic heterocycles. The lowest BCUT2D eigenvalue weighted by molar-refractivity contribution is -0.131. The van der Waals surface area contributed by atoms with Gasteiger partial charge in [-0.1, -0.05) is 19.0 Å². The van der Waals surface area contributed by atoms with Crippen molar-refractivity contribution in [3.63, 3.8) is 0 Å². The molecule has 1 amide bonds. The van der Waals surface area contributed by atoms with Crippen LogP contribution in [0.15, 0.2) is 10.6 Å². The van der Waals surface area contributed by atoms with Crippen LogP contribution in [0, 0.1) is 5.92 Å². The largest absolute Gasteiger partial charge is 0.390 e. The number of carbonyl (C=O) groups is 1. The molecule has 1 saturated heterocycles. The van der Waals surface area contributed by atoms with E-state index in [9.17, 15) is 9.90 Å². The number of nitrogens with zero attached hydrogens (tertiary/aromatic N) is 2. The minimum Gasteiger partial charge on any atom is -0.390 e. The Balaban J connectivity index is 1.85. The van der Waals surface area contributed by atoms with Crippen LogP contribution in [-0.2, 0) is 22.5 Å². The van der Waals surface area contributed by atoms with E-state index in [0.717, 1.165) is 17.9 Å². The Morgan fingerprint density at radius 2 is 2.21 bits per heavy atom. The SMILES string of the molecule is CC(C)C(=O)NCC1OC(Cc2cc(CN(C)C)on2)CCC1O. The molecule has 1 fully saturated rings. The van der Waals surface area contributed by atoms with Crippen molar-refractivity contribution in [1.29, 1.82) is 0 Å². The molecule has 0 saturated carbocycles. The molecule has 2 N–H and O–H groups in total. The molecule has 7 nitrogen and oxygen atoms in total. The van der Waals surface area contributed by atoms with Gasteiger partial charge in [0, 0.05) is 24.9 Å². The lowest BCUT2D eigenvalue weighted by Gasteiger charge is -2.34. The Labute approximate surface area is 143 Å². The highest BCUT2D eigenvalue weighted by Crippen LogP contribution is 2.22. The number of amides is 1.